The summed E-state index contributed by atoms with van der Waals surface area (Å²) in [5, 5.41) is 17.0. The monoisotopic (exact) mass is 203 g/mol. The highest BCUT2D eigenvalue weighted by molar-refractivity contribution is 5.97. The van der Waals surface area contributed by atoms with Crippen LogP contribution in [0.15, 0.2) is 24.3 Å². The minimum Gasteiger partial charge on any atom is -0.481 e. The quantitative estimate of drug-likeness (QED) is 0.754. The molecule has 1 aromatic rings. The van der Waals surface area contributed by atoms with Gasteiger partial charge in [-0.05, 0) is 12.1 Å². The average molecular weight is 203 g/mol. The fourth-order valence-corrected chi connectivity index (χ4v) is 1.13. The lowest BCUT2D eigenvalue weighted by atomic mass is 10.0. The van der Waals surface area contributed by atoms with Crippen LogP contribution in [-0.2, 0) is 4.79 Å². The Morgan fingerprint density at radius 2 is 2.07 bits per heavy atom. The van der Waals surface area contributed by atoms with Gasteiger partial charge in [0.2, 0.25) is 0 Å². The highest BCUT2D eigenvalue weighted by Gasteiger charge is 2.08. The van der Waals surface area contributed by atoms with Crippen molar-refractivity contribution in [3.63, 3.8) is 0 Å². The van der Waals surface area contributed by atoms with Gasteiger partial charge in [0.15, 0.2) is 5.78 Å². The van der Waals surface area contributed by atoms with E-state index in [4.69, 9.17) is 10.4 Å². The third kappa shape index (κ3) is 3.24. The molecule has 0 aliphatic heterocycles. The standard InChI is InChI=1S/C11H9NO3/c12-7-8-2-1-3-9(6-8)10(13)4-5-11(14)15/h1-3,6H,4-5H2,(H,14,15). The van der Waals surface area contributed by atoms with Crippen molar-refractivity contribution in [1.82, 2.24) is 0 Å². The predicted molar refractivity (Wildman–Crippen MR) is 52.4 cm³/mol. The molecule has 0 atom stereocenters. The third-order valence-corrected chi connectivity index (χ3v) is 1.88. The second kappa shape index (κ2) is 4.91. The molecule has 0 spiro atoms. The molecule has 0 radical (unpaired) electrons. The van der Waals surface area contributed by atoms with Gasteiger partial charge in [-0.25, -0.2) is 0 Å². The van der Waals surface area contributed by atoms with Crippen LogP contribution in [0.2, 0.25) is 0 Å². The summed E-state index contributed by atoms with van der Waals surface area (Å²) in [5.41, 5.74) is 0.784. The summed E-state index contributed by atoms with van der Waals surface area (Å²) in [6.07, 6.45) is -0.222. The highest BCUT2D eigenvalue weighted by atomic mass is 16.4. The minimum absolute atomic E-state index is 0.0375. The van der Waals surface area contributed by atoms with Crippen LogP contribution in [0.1, 0.15) is 28.8 Å². The molecule has 15 heavy (non-hydrogen) atoms. The van der Waals surface area contributed by atoms with Crippen LogP contribution in [0, 0.1) is 11.3 Å². The van der Waals surface area contributed by atoms with Crippen LogP contribution in [-0.4, -0.2) is 16.9 Å². The van der Waals surface area contributed by atoms with Crippen molar-refractivity contribution in [2.45, 2.75) is 12.8 Å². The molecule has 1 rings (SSSR count). The first kappa shape index (κ1) is 10.9. The molecule has 0 saturated heterocycles. The average Bonchev–Trinajstić information content (AvgIpc) is 2.26. The number of hydrogen-bond acceptors (Lipinski definition) is 3. The van der Waals surface area contributed by atoms with Gasteiger partial charge in [0, 0.05) is 12.0 Å². The van der Waals surface area contributed by atoms with Gasteiger partial charge in [-0.15, -0.1) is 0 Å². The van der Waals surface area contributed by atoms with Crippen molar-refractivity contribution in [2.24, 2.45) is 0 Å². The Morgan fingerprint density at radius 1 is 1.33 bits per heavy atom. The molecule has 0 fully saturated rings. The van der Waals surface area contributed by atoms with Gasteiger partial charge < -0.3 is 5.11 Å². The number of carbonyl (C=O) groups is 2. The number of nitrogens with zero attached hydrogens (tertiary/aromatic N) is 1. The summed E-state index contributed by atoms with van der Waals surface area (Å²) >= 11 is 0. The van der Waals surface area contributed by atoms with E-state index in [9.17, 15) is 9.59 Å². The molecular formula is C11H9NO3. The number of hydrogen-bond donors (Lipinski definition) is 1. The highest BCUT2D eigenvalue weighted by Crippen LogP contribution is 2.08. The van der Waals surface area contributed by atoms with Crippen molar-refractivity contribution in [2.75, 3.05) is 0 Å². The number of Topliss-reactive ketones (excluding diaryl/α,β-unsaturated/α-hetero) is 1. The molecule has 4 nitrogen and oxygen atoms in total. The number of carbonyl (C=O) groups excluding carboxylic acids is 1. The van der Waals surface area contributed by atoms with Crippen LogP contribution < -0.4 is 0 Å². The number of carboxylic acids is 1. The van der Waals surface area contributed by atoms with E-state index in [0.29, 0.717) is 11.1 Å². The van der Waals surface area contributed by atoms with Crippen LogP contribution in [0.5, 0.6) is 0 Å². The van der Waals surface area contributed by atoms with Gasteiger partial charge >= 0.3 is 5.97 Å². The zero-order valence-corrected chi connectivity index (χ0v) is 7.93. The maximum Gasteiger partial charge on any atom is 0.303 e. The summed E-state index contributed by atoms with van der Waals surface area (Å²) in [6, 6.07) is 8.15. The number of benzene rings is 1. The van der Waals surface area contributed by atoms with Crippen LogP contribution in [0.25, 0.3) is 0 Å². The molecule has 0 saturated carbocycles. The summed E-state index contributed by atoms with van der Waals surface area (Å²) in [5.74, 6) is -1.26. The Balaban J connectivity index is 2.74. The molecule has 0 aromatic heterocycles. The molecule has 76 valence electrons. The Morgan fingerprint density at radius 3 is 2.67 bits per heavy atom. The summed E-state index contributed by atoms with van der Waals surface area (Å²) in [7, 11) is 0. The number of rotatable bonds is 4. The van der Waals surface area contributed by atoms with Gasteiger partial charge in [0.1, 0.15) is 0 Å². The van der Waals surface area contributed by atoms with Crippen molar-refractivity contribution in [3.8, 4) is 6.07 Å². The molecule has 0 heterocycles. The lowest BCUT2D eigenvalue weighted by molar-refractivity contribution is -0.136. The van der Waals surface area contributed by atoms with Crippen LogP contribution in [0.3, 0.4) is 0 Å². The number of ketones is 1. The Kier molecular flexibility index (Phi) is 3.58. The van der Waals surface area contributed by atoms with Gasteiger partial charge in [-0.1, -0.05) is 12.1 Å². The van der Waals surface area contributed by atoms with Crippen molar-refractivity contribution in [3.05, 3.63) is 35.4 Å². The number of nitriles is 1. The van der Waals surface area contributed by atoms with Crippen LogP contribution >= 0.6 is 0 Å². The SMILES string of the molecule is N#Cc1cccc(C(=O)CCC(=O)O)c1. The fourth-order valence-electron chi connectivity index (χ4n) is 1.13. The lowest BCUT2D eigenvalue weighted by Gasteiger charge is -1.98. The molecule has 4 heteroatoms. The topological polar surface area (TPSA) is 78.2 Å². The zero-order chi connectivity index (χ0) is 11.3. The molecule has 0 unspecified atom stereocenters. The number of carboxylic acid groups (broad SMARTS) is 1. The Bertz CT molecular complexity index is 432. The van der Waals surface area contributed by atoms with E-state index in [1.807, 2.05) is 6.07 Å². The van der Waals surface area contributed by atoms with E-state index in [1.54, 1.807) is 18.2 Å². The predicted octanol–water partition coefficient (Wildman–Crippen LogP) is 1.61. The summed E-state index contributed by atoms with van der Waals surface area (Å²) < 4.78 is 0. The first-order chi connectivity index (χ1) is 7.13. The molecule has 0 aliphatic rings. The Labute approximate surface area is 86.8 Å². The van der Waals surface area contributed by atoms with E-state index in [2.05, 4.69) is 0 Å². The normalized spacial score (nSPS) is 9.27. The zero-order valence-electron chi connectivity index (χ0n) is 7.93. The second-order valence-corrected chi connectivity index (χ2v) is 3.01. The van der Waals surface area contributed by atoms with Crippen molar-refractivity contribution < 1.29 is 14.7 Å². The smallest absolute Gasteiger partial charge is 0.303 e. The van der Waals surface area contributed by atoms with Crippen LogP contribution in [0.4, 0.5) is 0 Å². The van der Waals surface area contributed by atoms with E-state index in [-0.39, 0.29) is 18.6 Å². The maximum absolute atomic E-state index is 11.4. The van der Waals surface area contributed by atoms with Gasteiger partial charge in [-0.2, -0.15) is 5.26 Å². The number of aliphatic carboxylic acids is 1. The van der Waals surface area contributed by atoms with E-state index >= 15 is 0 Å². The molecular weight excluding hydrogens is 194 g/mol. The van der Waals surface area contributed by atoms with Crippen molar-refractivity contribution >= 4 is 11.8 Å². The molecule has 1 aromatic carbocycles. The largest absolute Gasteiger partial charge is 0.481 e. The van der Waals surface area contributed by atoms with Crippen molar-refractivity contribution in [1.29, 1.82) is 5.26 Å². The van der Waals surface area contributed by atoms with Gasteiger partial charge in [0.05, 0.1) is 18.1 Å². The second-order valence-electron chi connectivity index (χ2n) is 3.01. The lowest BCUT2D eigenvalue weighted by Crippen LogP contribution is -2.03. The third-order valence-electron chi connectivity index (χ3n) is 1.88. The molecule has 0 aliphatic carbocycles. The summed E-state index contributed by atoms with van der Waals surface area (Å²) in [6.45, 7) is 0. The minimum atomic E-state index is -1.00. The first-order valence-corrected chi connectivity index (χ1v) is 4.38. The maximum atomic E-state index is 11.4. The summed E-state index contributed by atoms with van der Waals surface area (Å²) in [4.78, 5) is 21.7. The first-order valence-electron chi connectivity index (χ1n) is 4.38. The van der Waals surface area contributed by atoms with Gasteiger partial charge in [-0.3, -0.25) is 9.59 Å². The van der Waals surface area contributed by atoms with E-state index in [1.165, 1.54) is 6.07 Å². The van der Waals surface area contributed by atoms with E-state index < -0.39 is 5.97 Å². The molecule has 0 amide bonds. The van der Waals surface area contributed by atoms with Gasteiger partial charge in [0.25, 0.3) is 0 Å². The molecule has 0 bridgehead atoms. The van der Waals surface area contributed by atoms with E-state index in [0.717, 1.165) is 0 Å². The fraction of sp³-hybridized carbons (Fsp3) is 0.182. The Hall–Kier alpha value is -2.15. The molecule has 1 N–H and O–H groups in total.